The van der Waals surface area contributed by atoms with Gasteiger partial charge >= 0.3 is 0 Å². The van der Waals surface area contributed by atoms with Crippen LogP contribution >= 0.6 is 11.6 Å². The van der Waals surface area contributed by atoms with Crippen molar-refractivity contribution in [2.45, 2.75) is 4.90 Å². The highest BCUT2D eigenvalue weighted by Crippen LogP contribution is 2.27. The lowest BCUT2D eigenvalue weighted by atomic mass is 10.2. The lowest BCUT2D eigenvalue weighted by Gasteiger charge is -2.10. The standard InChI is InChI=1S/C15H16ClN3O3S/c1-23(22,13-5-3-2-4-6-13)18-10-9-17-14-8-7-12(16)11-15(14)19(20)21/h2-8,11,17H,1,9-10H2,(H,18,22). The first-order valence-electron chi connectivity index (χ1n) is 6.70. The van der Waals surface area contributed by atoms with Gasteiger partial charge in [-0.15, -0.1) is 0 Å². The van der Waals surface area contributed by atoms with E-state index in [2.05, 4.69) is 15.5 Å². The molecule has 122 valence electrons. The molecule has 23 heavy (non-hydrogen) atoms. The van der Waals surface area contributed by atoms with Crippen molar-refractivity contribution >= 4 is 38.5 Å². The molecule has 0 saturated heterocycles. The number of benzene rings is 2. The number of halogens is 1. The third-order valence-electron chi connectivity index (χ3n) is 3.01. The van der Waals surface area contributed by atoms with E-state index in [1.54, 1.807) is 24.3 Å². The van der Waals surface area contributed by atoms with Gasteiger partial charge in [0.15, 0.2) is 0 Å². The molecule has 2 aromatic carbocycles. The molecule has 2 N–H and O–H groups in total. The Balaban J connectivity index is 2.05. The minimum atomic E-state index is -2.47. The highest BCUT2D eigenvalue weighted by molar-refractivity contribution is 7.97. The molecule has 0 fully saturated rings. The second-order valence-corrected chi connectivity index (χ2v) is 7.18. The zero-order chi connectivity index (χ0) is 16.9. The van der Waals surface area contributed by atoms with Crippen LogP contribution in [0.25, 0.3) is 0 Å². The summed E-state index contributed by atoms with van der Waals surface area (Å²) >= 11 is 5.76. The van der Waals surface area contributed by atoms with Crippen molar-refractivity contribution in [1.82, 2.24) is 0 Å². The number of rotatable bonds is 6. The number of anilines is 1. The third kappa shape index (κ3) is 4.69. The largest absolute Gasteiger partial charge is 0.378 e. The van der Waals surface area contributed by atoms with Crippen molar-refractivity contribution in [3.05, 3.63) is 63.7 Å². The first kappa shape index (κ1) is 17.3. The van der Waals surface area contributed by atoms with Crippen LogP contribution in [-0.4, -0.2) is 28.4 Å². The molecule has 1 atom stereocenters. The van der Waals surface area contributed by atoms with Crippen LogP contribution in [0.5, 0.6) is 0 Å². The van der Waals surface area contributed by atoms with Crippen molar-refractivity contribution < 1.29 is 9.48 Å². The summed E-state index contributed by atoms with van der Waals surface area (Å²) in [4.78, 5) is 11.2. The minimum absolute atomic E-state index is 0.0993. The fraction of sp³-hybridized carbons (Fsp3) is 0.133. The maximum absolute atomic E-state index is 11.0. The Morgan fingerprint density at radius 2 is 2.00 bits per heavy atom. The molecule has 6 nitrogen and oxygen atoms in total. The molecule has 2 aromatic rings. The minimum Gasteiger partial charge on any atom is -0.378 e. The molecule has 1 unspecified atom stereocenters. The summed E-state index contributed by atoms with van der Waals surface area (Å²) in [5.41, 5.74) is 0.259. The number of nitrogens with zero attached hydrogens (tertiary/aromatic N) is 2. The van der Waals surface area contributed by atoms with Crippen molar-refractivity contribution in [3.8, 4) is 0 Å². The number of nitro groups is 1. The Hall–Kier alpha value is -2.09. The van der Waals surface area contributed by atoms with Crippen LogP contribution < -0.4 is 5.32 Å². The molecule has 0 saturated carbocycles. The van der Waals surface area contributed by atoms with Crippen molar-refractivity contribution in [2.24, 2.45) is 4.36 Å². The van der Waals surface area contributed by atoms with E-state index in [1.807, 2.05) is 18.2 Å². The molecule has 0 aliphatic carbocycles. The van der Waals surface area contributed by atoms with Crippen LogP contribution in [-0.2, 0) is 9.69 Å². The van der Waals surface area contributed by atoms with Gasteiger partial charge in [0.05, 0.1) is 11.5 Å². The Morgan fingerprint density at radius 3 is 2.65 bits per heavy atom. The van der Waals surface area contributed by atoms with Gasteiger partial charge in [0.25, 0.3) is 5.69 Å². The molecule has 0 spiro atoms. The molecule has 0 bridgehead atoms. The summed E-state index contributed by atoms with van der Waals surface area (Å²) in [7, 11) is -2.47. The summed E-state index contributed by atoms with van der Waals surface area (Å²) in [6.07, 6.45) is 0. The monoisotopic (exact) mass is 353 g/mol. The van der Waals surface area contributed by atoms with Gasteiger partial charge in [0, 0.05) is 22.5 Å². The zero-order valence-electron chi connectivity index (χ0n) is 12.2. The number of nitrogens with one attached hydrogen (secondary N) is 1. The van der Waals surface area contributed by atoms with Crippen LogP contribution in [0.3, 0.4) is 0 Å². The molecule has 0 aromatic heterocycles. The van der Waals surface area contributed by atoms with Crippen LogP contribution in [0.2, 0.25) is 5.02 Å². The predicted octanol–water partition coefficient (Wildman–Crippen LogP) is 3.96. The average Bonchev–Trinajstić information content (AvgIpc) is 2.53. The summed E-state index contributed by atoms with van der Waals surface area (Å²) in [6.45, 7) is 0.601. The van der Waals surface area contributed by atoms with E-state index < -0.39 is 14.6 Å². The van der Waals surface area contributed by atoms with Crippen molar-refractivity contribution in [1.29, 1.82) is 0 Å². The highest BCUT2D eigenvalue weighted by atomic mass is 35.5. The maximum atomic E-state index is 11.0. The van der Waals surface area contributed by atoms with E-state index in [9.17, 15) is 14.7 Å². The Kier molecular flexibility index (Phi) is 5.59. The molecule has 0 heterocycles. The first-order valence-corrected chi connectivity index (χ1v) is 8.80. The molecule has 0 amide bonds. The van der Waals surface area contributed by atoms with Gasteiger partial charge in [0.1, 0.15) is 5.69 Å². The number of nitro benzene ring substituents is 1. The van der Waals surface area contributed by atoms with Gasteiger partial charge in [-0.2, -0.15) is 0 Å². The van der Waals surface area contributed by atoms with E-state index in [-0.39, 0.29) is 12.2 Å². The van der Waals surface area contributed by atoms with E-state index in [0.29, 0.717) is 22.2 Å². The fourth-order valence-corrected chi connectivity index (χ4v) is 3.21. The second kappa shape index (κ2) is 7.45. The fourth-order valence-electron chi connectivity index (χ4n) is 1.91. The van der Waals surface area contributed by atoms with Crippen LogP contribution in [0, 0.1) is 10.1 Å². The molecular weight excluding hydrogens is 338 g/mol. The van der Waals surface area contributed by atoms with Gasteiger partial charge in [-0.25, -0.2) is 4.36 Å². The normalized spacial score (nSPS) is 13.1. The lowest BCUT2D eigenvalue weighted by molar-refractivity contribution is -0.383. The van der Waals surface area contributed by atoms with E-state index in [4.69, 9.17) is 11.6 Å². The predicted molar refractivity (Wildman–Crippen MR) is 95.7 cm³/mol. The second-order valence-electron chi connectivity index (χ2n) is 4.68. The van der Waals surface area contributed by atoms with Gasteiger partial charge in [-0.3, -0.25) is 10.1 Å². The molecular formula is C15H16ClN3O3S. The summed E-state index contributed by atoms with van der Waals surface area (Å²) in [5, 5.41) is 14.2. The van der Waals surface area contributed by atoms with Crippen LogP contribution in [0.1, 0.15) is 0 Å². The quantitative estimate of drug-likeness (QED) is 0.356. The molecule has 0 radical (unpaired) electrons. The van der Waals surface area contributed by atoms with Gasteiger partial charge in [-0.05, 0) is 39.8 Å². The van der Waals surface area contributed by atoms with Gasteiger partial charge < -0.3 is 9.87 Å². The Labute approximate surface area is 139 Å². The highest BCUT2D eigenvalue weighted by Gasteiger charge is 2.13. The smallest absolute Gasteiger partial charge is 0.293 e. The van der Waals surface area contributed by atoms with Crippen LogP contribution in [0.15, 0.2) is 57.8 Å². The molecule has 2 rings (SSSR count). The van der Waals surface area contributed by atoms with Gasteiger partial charge in [-0.1, -0.05) is 29.8 Å². The third-order valence-corrected chi connectivity index (χ3v) is 4.88. The van der Waals surface area contributed by atoms with Crippen molar-refractivity contribution in [2.75, 3.05) is 18.4 Å². The molecule has 0 aliphatic rings. The van der Waals surface area contributed by atoms with E-state index >= 15 is 0 Å². The molecule has 8 heteroatoms. The Bertz CT molecular complexity index is 818. The zero-order valence-corrected chi connectivity index (χ0v) is 13.8. The summed E-state index contributed by atoms with van der Waals surface area (Å²) in [6, 6.07) is 13.4. The van der Waals surface area contributed by atoms with Crippen LogP contribution in [0.4, 0.5) is 11.4 Å². The molecule has 0 aliphatic heterocycles. The van der Waals surface area contributed by atoms with Crippen molar-refractivity contribution in [3.63, 3.8) is 0 Å². The summed E-state index contributed by atoms with van der Waals surface area (Å²) < 4.78 is 14.5. The topological polar surface area (TPSA) is 87.8 Å². The number of hydrogen-bond donors (Lipinski definition) is 2. The lowest BCUT2D eigenvalue weighted by Crippen LogP contribution is -2.09. The SMILES string of the molecule is C=S(O)(=NCCNc1ccc(Cl)cc1[N+](=O)[O-])c1ccccc1. The Morgan fingerprint density at radius 1 is 1.30 bits per heavy atom. The summed E-state index contributed by atoms with van der Waals surface area (Å²) in [5.74, 6) is 3.76. The number of hydrogen-bond acceptors (Lipinski definition) is 4. The van der Waals surface area contributed by atoms with E-state index in [1.165, 1.54) is 6.07 Å². The van der Waals surface area contributed by atoms with Gasteiger partial charge in [0.2, 0.25) is 0 Å². The van der Waals surface area contributed by atoms with E-state index in [0.717, 1.165) is 0 Å². The maximum Gasteiger partial charge on any atom is 0.293 e. The average molecular weight is 354 g/mol. The first-order chi connectivity index (χ1) is 10.9.